The topological polar surface area (TPSA) is 80.5 Å². The van der Waals surface area contributed by atoms with E-state index in [1.807, 2.05) is 30.3 Å². The van der Waals surface area contributed by atoms with Gasteiger partial charge in [-0.1, -0.05) is 67.1 Å². The number of pyridine rings is 2. The zero-order valence-corrected chi connectivity index (χ0v) is 25.0. The molecule has 0 radical (unpaired) electrons. The van der Waals surface area contributed by atoms with Gasteiger partial charge in [-0.2, -0.15) is 17.6 Å². The van der Waals surface area contributed by atoms with Gasteiger partial charge in [0.05, 0.1) is 22.8 Å². The normalized spacial score (nSPS) is 15.3. The molecule has 0 unspecified atom stereocenters. The summed E-state index contributed by atoms with van der Waals surface area (Å²) in [5.41, 5.74) is 2.00. The van der Waals surface area contributed by atoms with Crippen LogP contribution in [0.25, 0.3) is 10.9 Å². The summed E-state index contributed by atoms with van der Waals surface area (Å²) < 4.78 is 56.4. The van der Waals surface area contributed by atoms with Crippen LogP contribution in [-0.4, -0.2) is 37.7 Å². The Bertz CT molecular complexity index is 1820. The molecule has 0 bridgehead atoms. The summed E-state index contributed by atoms with van der Waals surface area (Å²) in [6.07, 6.45) is -1.63. The van der Waals surface area contributed by atoms with E-state index in [0.29, 0.717) is 34.0 Å². The molecule has 0 aliphatic heterocycles. The molecular weight excluding hydrogens is 594 g/mol. The van der Waals surface area contributed by atoms with Crippen LogP contribution in [0.4, 0.5) is 28.9 Å². The zero-order chi connectivity index (χ0) is 31.3. The Hall–Kier alpha value is -4.25. The number of rotatable bonds is 9. The smallest absolute Gasteiger partial charge is 0.384 e. The molecule has 6 rings (SSSR count). The van der Waals surface area contributed by atoms with Crippen LogP contribution in [-0.2, 0) is 11.0 Å². The van der Waals surface area contributed by atoms with Gasteiger partial charge in [0.25, 0.3) is 0 Å². The summed E-state index contributed by atoms with van der Waals surface area (Å²) in [5, 5.41) is 16.0. The molecule has 0 spiro atoms. The lowest BCUT2D eigenvalue weighted by molar-refractivity contribution is -0.182. The summed E-state index contributed by atoms with van der Waals surface area (Å²) in [6.45, 7) is 6.56. The molecule has 12 heteroatoms. The summed E-state index contributed by atoms with van der Waals surface area (Å²) in [7, 11) is 0. The highest BCUT2D eigenvalue weighted by molar-refractivity contribution is 6.35. The maximum absolute atomic E-state index is 14.0. The fraction of sp³-hybridized carbons (Fsp3) is 0.312. The molecule has 0 saturated heterocycles. The second-order valence-corrected chi connectivity index (χ2v) is 12.2. The minimum Gasteiger partial charge on any atom is -0.384 e. The molecule has 1 saturated carbocycles. The van der Waals surface area contributed by atoms with Gasteiger partial charge in [-0.3, -0.25) is 4.98 Å². The van der Waals surface area contributed by atoms with Gasteiger partial charge in [0.2, 0.25) is 5.95 Å². The van der Waals surface area contributed by atoms with Crippen molar-refractivity contribution in [3.63, 3.8) is 0 Å². The fourth-order valence-corrected chi connectivity index (χ4v) is 5.73. The van der Waals surface area contributed by atoms with E-state index in [2.05, 4.69) is 56.9 Å². The van der Waals surface area contributed by atoms with Crippen molar-refractivity contribution in [2.75, 3.05) is 17.2 Å². The monoisotopic (exact) mass is 623 g/mol. The number of alkyl halides is 3. The average Bonchev–Trinajstić information content (AvgIpc) is 3.67. The number of fused-ring (bicyclic) bond motifs is 1. The van der Waals surface area contributed by atoms with E-state index >= 15 is 0 Å². The average molecular weight is 624 g/mol. The van der Waals surface area contributed by atoms with Gasteiger partial charge in [-0.05, 0) is 49.6 Å². The maximum Gasteiger partial charge on any atom is 0.413 e. The molecule has 1 fully saturated rings. The van der Waals surface area contributed by atoms with Crippen LogP contribution in [0.5, 0.6) is 0 Å². The molecular formula is C32H30ClF4N7. The number of hydrogen-bond acceptors (Lipinski definition) is 6. The highest BCUT2D eigenvalue weighted by Crippen LogP contribution is 2.55. The Balaban J connectivity index is 1.36. The first-order chi connectivity index (χ1) is 20.9. The predicted molar refractivity (Wildman–Crippen MR) is 162 cm³/mol. The molecule has 2 aromatic carbocycles. The van der Waals surface area contributed by atoms with E-state index in [4.69, 9.17) is 11.6 Å². The Morgan fingerprint density at radius 3 is 2.48 bits per heavy atom. The number of halogens is 5. The first-order valence-corrected chi connectivity index (χ1v) is 14.5. The van der Waals surface area contributed by atoms with Gasteiger partial charge in [-0.15, -0.1) is 5.10 Å². The van der Waals surface area contributed by atoms with E-state index in [0.717, 1.165) is 15.8 Å². The van der Waals surface area contributed by atoms with E-state index in [1.165, 1.54) is 23.9 Å². The van der Waals surface area contributed by atoms with Gasteiger partial charge in [0.15, 0.2) is 5.54 Å². The van der Waals surface area contributed by atoms with Crippen LogP contribution < -0.4 is 10.6 Å². The third-order valence-corrected chi connectivity index (χ3v) is 8.57. The van der Waals surface area contributed by atoms with Crippen molar-refractivity contribution >= 4 is 33.9 Å². The van der Waals surface area contributed by atoms with Crippen LogP contribution in [0.3, 0.4) is 0 Å². The van der Waals surface area contributed by atoms with Gasteiger partial charge >= 0.3 is 6.18 Å². The standard InChI is InChI=1S/C32H30ClF4N7/c1-19-22(9-10-27(34)40-19)29(26-17-44(43-42-26)31(12-13-31)32(35,36)37)41-21-15-23-25(11-14-38-28(23)24(33)16-21)39-18-30(2,3)20-7-5-4-6-8-20/h4-11,14-17,29,41H,12-13,18H2,1-3H3,(H,38,39)/t29-/m0/s1. The Labute approximate surface area is 256 Å². The molecule has 3 heterocycles. The number of nitrogens with one attached hydrogen (secondary N) is 2. The molecule has 44 heavy (non-hydrogen) atoms. The zero-order valence-electron chi connectivity index (χ0n) is 24.3. The lowest BCUT2D eigenvalue weighted by Gasteiger charge is -2.27. The maximum atomic E-state index is 14.0. The lowest BCUT2D eigenvalue weighted by atomic mass is 9.84. The lowest BCUT2D eigenvalue weighted by Crippen LogP contribution is -2.35. The number of hydrogen-bond donors (Lipinski definition) is 2. The molecule has 5 aromatic rings. The summed E-state index contributed by atoms with van der Waals surface area (Å²) in [4.78, 5) is 8.42. The number of aromatic nitrogens is 5. The molecule has 1 atom stereocenters. The van der Waals surface area contributed by atoms with Crippen molar-refractivity contribution in [2.45, 2.75) is 56.8 Å². The molecule has 1 aliphatic carbocycles. The third kappa shape index (κ3) is 5.56. The number of benzene rings is 2. The Kier molecular flexibility index (Phi) is 7.47. The number of anilines is 2. The summed E-state index contributed by atoms with van der Waals surface area (Å²) in [6, 6.07) is 17.5. The highest BCUT2D eigenvalue weighted by atomic mass is 35.5. The second-order valence-electron chi connectivity index (χ2n) is 11.8. The van der Waals surface area contributed by atoms with Crippen LogP contribution >= 0.6 is 11.6 Å². The molecule has 2 N–H and O–H groups in total. The van der Waals surface area contributed by atoms with Crippen LogP contribution in [0.15, 0.2) is 73.1 Å². The third-order valence-electron chi connectivity index (χ3n) is 8.29. The second kappa shape index (κ2) is 11.0. The first-order valence-electron chi connectivity index (χ1n) is 14.1. The summed E-state index contributed by atoms with van der Waals surface area (Å²) in [5.74, 6) is -0.670. The predicted octanol–water partition coefficient (Wildman–Crippen LogP) is 7.96. The van der Waals surface area contributed by atoms with Gasteiger partial charge in [0.1, 0.15) is 5.69 Å². The van der Waals surface area contributed by atoms with Crippen molar-refractivity contribution in [2.24, 2.45) is 0 Å². The molecule has 0 amide bonds. The molecule has 1 aliphatic rings. The Morgan fingerprint density at radius 1 is 1.05 bits per heavy atom. The van der Waals surface area contributed by atoms with Gasteiger partial charge in [-0.25, -0.2) is 9.67 Å². The fourth-order valence-electron chi connectivity index (χ4n) is 5.46. The van der Waals surface area contributed by atoms with E-state index in [1.54, 1.807) is 19.2 Å². The highest BCUT2D eigenvalue weighted by Gasteiger charge is 2.66. The molecule has 3 aromatic heterocycles. The van der Waals surface area contributed by atoms with E-state index in [9.17, 15) is 17.6 Å². The summed E-state index contributed by atoms with van der Waals surface area (Å²) >= 11 is 6.72. The van der Waals surface area contributed by atoms with Crippen LogP contribution in [0, 0.1) is 12.9 Å². The van der Waals surface area contributed by atoms with E-state index in [-0.39, 0.29) is 24.0 Å². The largest absolute Gasteiger partial charge is 0.413 e. The number of aryl methyl sites for hydroxylation is 1. The Morgan fingerprint density at radius 2 is 1.80 bits per heavy atom. The minimum absolute atomic E-state index is 0.0708. The van der Waals surface area contributed by atoms with Crippen molar-refractivity contribution in [1.82, 2.24) is 25.0 Å². The van der Waals surface area contributed by atoms with Gasteiger partial charge in [0, 0.05) is 46.2 Å². The van der Waals surface area contributed by atoms with Crippen molar-refractivity contribution in [1.29, 1.82) is 0 Å². The van der Waals surface area contributed by atoms with Crippen molar-refractivity contribution in [3.8, 4) is 0 Å². The SMILES string of the molecule is Cc1nc(F)ccc1[C@H](Nc1cc(Cl)c2nccc(NCC(C)(C)c3ccccc3)c2c1)c1cn(C2(C(F)(F)F)CC2)nn1. The minimum atomic E-state index is -4.47. The van der Waals surface area contributed by atoms with E-state index < -0.39 is 23.7 Å². The number of nitrogens with zero attached hydrogens (tertiary/aromatic N) is 5. The van der Waals surface area contributed by atoms with Crippen LogP contribution in [0.2, 0.25) is 5.02 Å². The molecule has 228 valence electrons. The van der Waals surface area contributed by atoms with Crippen molar-refractivity contribution < 1.29 is 17.6 Å². The van der Waals surface area contributed by atoms with Gasteiger partial charge < -0.3 is 10.6 Å². The quantitative estimate of drug-likeness (QED) is 0.128. The van der Waals surface area contributed by atoms with Crippen LogP contribution in [0.1, 0.15) is 55.2 Å². The first kappa shape index (κ1) is 29.8. The van der Waals surface area contributed by atoms with Crippen molar-refractivity contribution in [3.05, 3.63) is 107 Å². The molecule has 7 nitrogen and oxygen atoms in total.